The van der Waals surface area contributed by atoms with Gasteiger partial charge < -0.3 is 14.5 Å². The summed E-state index contributed by atoms with van der Waals surface area (Å²) in [5, 5.41) is 2.63. The van der Waals surface area contributed by atoms with Crippen LogP contribution >= 0.6 is 15.9 Å². The molecule has 0 radical (unpaired) electrons. The van der Waals surface area contributed by atoms with Gasteiger partial charge in [0.1, 0.15) is 5.75 Å². The van der Waals surface area contributed by atoms with Crippen LogP contribution in [0.2, 0.25) is 0 Å². The smallest absolute Gasteiger partial charge is 0.291 e. The third kappa shape index (κ3) is 4.55. The lowest BCUT2D eigenvalue weighted by atomic mass is 10.2. The van der Waals surface area contributed by atoms with Crippen molar-refractivity contribution in [3.63, 3.8) is 0 Å². The molecule has 0 fully saturated rings. The number of amides is 1. The van der Waals surface area contributed by atoms with E-state index in [1.807, 2.05) is 0 Å². The van der Waals surface area contributed by atoms with Crippen molar-refractivity contribution in [2.24, 2.45) is 0 Å². The van der Waals surface area contributed by atoms with Crippen LogP contribution in [0.3, 0.4) is 0 Å². The molecule has 0 bridgehead atoms. The van der Waals surface area contributed by atoms with E-state index in [1.165, 1.54) is 19.2 Å². The van der Waals surface area contributed by atoms with E-state index in [1.54, 1.807) is 49.4 Å². The monoisotopic (exact) mass is 464 g/mol. The number of benzene rings is 2. The summed E-state index contributed by atoms with van der Waals surface area (Å²) >= 11 is 3.13. The molecule has 0 saturated heterocycles. The Morgan fingerprint density at radius 1 is 1.04 bits per heavy atom. The molecule has 3 rings (SSSR count). The fourth-order valence-corrected chi connectivity index (χ4v) is 4.10. The molecule has 28 heavy (non-hydrogen) atoms. The Morgan fingerprint density at radius 3 is 2.32 bits per heavy atom. The first-order valence-corrected chi connectivity index (χ1v) is 10.4. The third-order valence-corrected chi connectivity index (χ3v) is 5.82. The summed E-state index contributed by atoms with van der Waals surface area (Å²) in [6, 6.07) is 14.3. The first-order valence-electron chi connectivity index (χ1n) is 8.13. The van der Waals surface area contributed by atoms with Crippen LogP contribution in [0, 0.1) is 6.92 Å². The Balaban J connectivity index is 1.84. The number of sulfonamides is 1. The van der Waals surface area contributed by atoms with Gasteiger partial charge in [0, 0.05) is 11.4 Å². The molecule has 1 heterocycles. The van der Waals surface area contributed by atoms with Crippen molar-refractivity contribution in [1.82, 2.24) is 0 Å². The second kappa shape index (κ2) is 8.07. The van der Waals surface area contributed by atoms with Gasteiger partial charge in [0.05, 0.1) is 12.0 Å². The number of rotatable bonds is 6. The van der Waals surface area contributed by atoms with Crippen molar-refractivity contribution in [2.75, 3.05) is 17.1 Å². The van der Waals surface area contributed by atoms with E-state index in [9.17, 15) is 13.2 Å². The molecule has 146 valence electrons. The summed E-state index contributed by atoms with van der Waals surface area (Å²) < 4.78 is 38.8. The number of carbonyl (C=O) groups is 1. The Kier molecular flexibility index (Phi) is 5.76. The van der Waals surface area contributed by atoms with Gasteiger partial charge in [-0.15, -0.1) is 0 Å². The van der Waals surface area contributed by atoms with Gasteiger partial charge in [-0.3, -0.25) is 9.52 Å². The number of methoxy groups -OCH3 is 1. The fourth-order valence-electron chi connectivity index (χ4n) is 2.47. The molecule has 9 heteroatoms. The van der Waals surface area contributed by atoms with Crippen LogP contribution in [0.4, 0.5) is 11.4 Å². The average molecular weight is 465 g/mol. The molecule has 0 saturated carbocycles. The zero-order valence-electron chi connectivity index (χ0n) is 15.0. The molecule has 0 atom stereocenters. The first-order chi connectivity index (χ1) is 13.3. The van der Waals surface area contributed by atoms with E-state index in [0.717, 1.165) is 0 Å². The van der Waals surface area contributed by atoms with Gasteiger partial charge >= 0.3 is 0 Å². The maximum absolute atomic E-state index is 12.8. The standard InChI is InChI=1S/C19H17BrN2O5S/c1-12-3-4-14(21-19(23)16-9-10-18(20)27-16)11-17(12)28(24,25)22-13-5-7-15(26-2)8-6-13/h3-11,22H,1-2H3,(H,21,23). The Labute approximate surface area is 170 Å². The van der Waals surface area contributed by atoms with Crippen LogP contribution in [0.25, 0.3) is 0 Å². The number of hydrogen-bond acceptors (Lipinski definition) is 5. The molecular formula is C19H17BrN2O5S. The van der Waals surface area contributed by atoms with Crippen LogP contribution in [-0.4, -0.2) is 21.4 Å². The predicted octanol–water partition coefficient (Wildman–Crippen LogP) is 4.41. The van der Waals surface area contributed by atoms with Crippen LogP contribution in [-0.2, 0) is 10.0 Å². The van der Waals surface area contributed by atoms with Crippen molar-refractivity contribution >= 4 is 43.2 Å². The molecule has 0 aliphatic carbocycles. The van der Waals surface area contributed by atoms with E-state index in [-0.39, 0.29) is 10.7 Å². The average Bonchev–Trinajstić information content (AvgIpc) is 3.10. The third-order valence-electron chi connectivity index (χ3n) is 3.87. The Hall–Kier alpha value is -2.78. The van der Waals surface area contributed by atoms with Crippen molar-refractivity contribution in [2.45, 2.75) is 11.8 Å². The second-order valence-corrected chi connectivity index (χ2v) is 8.30. The molecule has 0 unspecified atom stereocenters. The first kappa shape index (κ1) is 20.0. The minimum Gasteiger partial charge on any atom is -0.497 e. The number of furan rings is 1. The molecule has 1 aromatic heterocycles. The number of hydrogen-bond donors (Lipinski definition) is 2. The largest absolute Gasteiger partial charge is 0.497 e. The summed E-state index contributed by atoms with van der Waals surface area (Å²) in [6.45, 7) is 1.68. The molecule has 0 aliphatic rings. The molecule has 2 N–H and O–H groups in total. The molecule has 0 spiro atoms. The zero-order valence-corrected chi connectivity index (χ0v) is 17.4. The second-order valence-electron chi connectivity index (χ2n) is 5.87. The van der Waals surface area contributed by atoms with E-state index < -0.39 is 15.9 Å². The van der Waals surface area contributed by atoms with Crippen LogP contribution in [0.15, 0.2) is 68.6 Å². The topological polar surface area (TPSA) is 97.6 Å². The van der Waals surface area contributed by atoms with Gasteiger partial charge in [-0.25, -0.2) is 8.42 Å². The highest BCUT2D eigenvalue weighted by Gasteiger charge is 2.19. The molecular weight excluding hydrogens is 448 g/mol. The van der Waals surface area contributed by atoms with Gasteiger partial charge in [0.15, 0.2) is 10.4 Å². The number of halogens is 1. The number of anilines is 2. The summed E-state index contributed by atoms with van der Waals surface area (Å²) in [5.41, 5.74) is 1.27. The molecule has 2 aromatic carbocycles. The molecule has 7 nitrogen and oxygen atoms in total. The van der Waals surface area contributed by atoms with Crippen LogP contribution < -0.4 is 14.8 Å². The Bertz CT molecular complexity index is 1110. The van der Waals surface area contributed by atoms with E-state index >= 15 is 0 Å². The van der Waals surface area contributed by atoms with Gasteiger partial charge in [-0.2, -0.15) is 0 Å². The predicted molar refractivity (Wildman–Crippen MR) is 109 cm³/mol. The highest BCUT2D eigenvalue weighted by atomic mass is 79.9. The minimum atomic E-state index is -3.86. The van der Waals surface area contributed by atoms with Gasteiger partial charge in [0.2, 0.25) is 0 Å². The SMILES string of the molecule is COc1ccc(NS(=O)(=O)c2cc(NC(=O)c3ccc(Br)o3)ccc2C)cc1. The fraction of sp³-hybridized carbons (Fsp3) is 0.105. The summed E-state index contributed by atoms with van der Waals surface area (Å²) in [6.07, 6.45) is 0. The summed E-state index contributed by atoms with van der Waals surface area (Å²) in [7, 11) is -2.32. The van der Waals surface area contributed by atoms with Gasteiger partial charge in [-0.1, -0.05) is 6.07 Å². The highest BCUT2D eigenvalue weighted by molar-refractivity contribution is 9.10. The maximum Gasteiger partial charge on any atom is 0.291 e. The van der Waals surface area contributed by atoms with Crippen LogP contribution in [0.5, 0.6) is 5.75 Å². The molecule has 1 amide bonds. The highest BCUT2D eigenvalue weighted by Crippen LogP contribution is 2.25. The van der Waals surface area contributed by atoms with Crippen molar-refractivity contribution in [3.8, 4) is 5.75 Å². The van der Waals surface area contributed by atoms with Gasteiger partial charge in [-0.05, 0) is 76.9 Å². The van der Waals surface area contributed by atoms with E-state index in [0.29, 0.717) is 27.4 Å². The quantitative estimate of drug-likeness (QED) is 0.562. The lowest BCUT2D eigenvalue weighted by Crippen LogP contribution is -2.16. The number of carbonyl (C=O) groups excluding carboxylic acids is 1. The van der Waals surface area contributed by atoms with Crippen molar-refractivity contribution in [1.29, 1.82) is 0 Å². The van der Waals surface area contributed by atoms with Crippen LogP contribution in [0.1, 0.15) is 16.1 Å². The maximum atomic E-state index is 12.8. The number of aryl methyl sites for hydroxylation is 1. The normalized spacial score (nSPS) is 11.1. The van der Waals surface area contributed by atoms with Crippen molar-refractivity contribution in [3.05, 3.63) is 70.6 Å². The lowest BCUT2D eigenvalue weighted by Gasteiger charge is -2.13. The van der Waals surface area contributed by atoms with Crippen molar-refractivity contribution < 1.29 is 22.4 Å². The molecule has 3 aromatic rings. The lowest BCUT2D eigenvalue weighted by molar-refractivity contribution is 0.0995. The number of ether oxygens (including phenoxy) is 1. The van der Waals surface area contributed by atoms with Gasteiger partial charge in [0.25, 0.3) is 15.9 Å². The zero-order chi connectivity index (χ0) is 20.3. The van der Waals surface area contributed by atoms with E-state index in [2.05, 4.69) is 26.0 Å². The number of nitrogens with one attached hydrogen (secondary N) is 2. The molecule has 0 aliphatic heterocycles. The van der Waals surface area contributed by atoms with E-state index in [4.69, 9.17) is 9.15 Å². The summed E-state index contributed by atoms with van der Waals surface area (Å²) in [4.78, 5) is 12.3. The Morgan fingerprint density at radius 2 is 1.71 bits per heavy atom. The minimum absolute atomic E-state index is 0.0572. The summed E-state index contributed by atoms with van der Waals surface area (Å²) in [5.74, 6) is 0.239.